The Kier molecular flexibility index (Phi) is 4.30. The van der Waals surface area contributed by atoms with E-state index in [-0.39, 0.29) is 5.75 Å². The Bertz CT molecular complexity index is 821. The van der Waals surface area contributed by atoms with E-state index in [4.69, 9.17) is 11.6 Å². The van der Waals surface area contributed by atoms with Crippen LogP contribution in [0.5, 0.6) is 5.75 Å². The molecule has 23 heavy (non-hydrogen) atoms. The quantitative estimate of drug-likeness (QED) is 0.610. The van der Waals surface area contributed by atoms with E-state index in [0.29, 0.717) is 16.7 Å². The van der Waals surface area contributed by atoms with E-state index in [2.05, 4.69) is 20.6 Å². The molecule has 0 bridgehead atoms. The number of halogens is 1. The molecule has 116 valence electrons. The Morgan fingerprint density at radius 3 is 2.35 bits per heavy atom. The second-order valence-electron chi connectivity index (χ2n) is 5.07. The molecule has 3 rings (SSSR count). The van der Waals surface area contributed by atoms with Gasteiger partial charge in [0, 0.05) is 11.8 Å². The number of hydrogen-bond donors (Lipinski definition) is 3. The first-order valence-electron chi connectivity index (χ1n) is 7.01. The Labute approximate surface area is 139 Å². The molecule has 0 aliphatic rings. The molecule has 0 fully saturated rings. The van der Waals surface area contributed by atoms with Crippen molar-refractivity contribution < 1.29 is 5.11 Å². The van der Waals surface area contributed by atoms with Gasteiger partial charge in [0.25, 0.3) is 0 Å². The number of aromatic nitrogens is 2. The Morgan fingerprint density at radius 2 is 1.61 bits per heavy atom. The van der Waals surface area contributed by atoms with E-state index >= 15 is 0 Å². The molecule has 0 spiro atoms. The molecule has 0 atom stereocenters. The molecule has 1 aromatic heterocycles. The first-order chi connectivity index (χ1) is 11.1. The van der Waals surface area contributed by atoms with Crippen LogP contribution in [-0.4, -0.2) is 15.1 Å². The van der Waals surface area contributed by atoms with Crippen molar-refractivity contribution in [1.82, 2.24) is 9.97 Å². The molecule has 1 heterocycles. The van der Waals surface area contributed by atoms with Gasteiger partial charge in [-0.25, -0.2) is 9.97 Å². The van der Waals surface area contributed by atoms with Crippen molar-refractivity contribution in [1.29, 1.82) is 0 Å². The lowest BCUT2D eigenvalue weighted by atomic mass is 10.2. The highest BCUT2D eigenvalue weighted by Crippen LogP contribution is 2.26. The van der Waals surface area contributed by atoms with E-state index in [1.54, 1.807) is 30.3 Å². The van der Waals surface area contributed by atoms with Crippen LogP contribution in [0.25, 0.3) is 0 Å². The fourth-order valence-corrected chi connectivity index (χ4v) is 2.22. The summed E-state index contributed by atoms with van der Waals surface area (Å²) in [6.07, 6.45) is 1.47. The van der Waals surface area contributed by atoms with E-state index in [0.717, 1.165) is 16.9 Å². The molecule has 3 aromatic rings. The summed E-state index contributed by atoms with van der Waals surface area (Å²) in [5, 5.41) is 16.3. The summed E-state index contributed by atoms with van der Waals surface area (Å²) in [5.41, 5.74) is 2.72. The monoisotopic (exact) mass is 326 g/mol. The van der Waals surface area contributed by atoms with Gasteiger partial charge in [0.15, 0.2) is 0 Å². The predicted octanol–water partition coefficient (Wildman–Crippen LogP) is 4.63. The van der Waals surface area contributed by atoms with Crippen LogP contribution >= 0.6 is 11.6 Å². The van der Waals surface area contributed by atoms with Gasteiger partial charge < -0.3 is 15.7 Å². The highest BCUT2D eigenvalue weighted by atomic mass is 35.5. The molecule has 5 nitrogen and oxygen atoms in total. The van der Waals surface area contributed by atoms with Gasteiger partial charge in [-0.05, 0) is 48.9 Å². The Hall–Kier alpha value is -2.79. The summed E-state index contributed by atoms with van der Waals surface area (Å²) in [6, 6.07) is 14.3. The van der Waals surface area contributed by atoms with Crippen LogP contribution in [0.3, 0.4) is 0 Å². The fraction of sp³-hybridized carbons (Fsp3) is 0.0588. The van der Waals surface area contributed by atoms with Gasteiger partial charge in [-0.2, -0.15) is 0 Å². The molecule has 3 N–H and O–H groups in total. The lowest BCUT2D eigenvalue weighted by molar-refractivity contribution is 0.475. The summed E-state index contributed by atoms with van der Waals surface area (Å²) in [4.78, 5) is 8.38. The number of aromatic hydroxyl groups is 1. The largest absolute Gasteiger partial charge is 0.508 e. The van der Waals surface area contributed by atoms with Gasteiger partial charge in [-0.3, -0.25) is 0 Å². The summed E-state index contributed by atoms with van der Waals surface area (Å²) in [5.74, 6) is 1.49. The molecule has 0 radical (unpaired) electrons. The maximum atomic E-state index is 9.30. The number of hydrogen-bond acceptors (Lipinski definition) is 5. The van der Waals surface area contributed by atoms with E-state index in [1.165, 1.54) is 6.33 Å². The van der Waals surface area contributed by atoms with Crippen LogP contribution < -0.4 is 10.6 Å². The molecule has 0 saturated carbocycles. The number of phenolic OH excluding ortho intramolecular Hbond substituents is 1. The maximum absolute atomic E-state index is 9.30. The molecule has 0 unspecified atom stereocenters. The third-order valence-corrected chi connectivity index (χ3v) is 3.52. The van der Waals surface area contributed by atoms with Gasteiger partial charge in [0.2, 0.25) is 0 Å². The first-order valence-corrected chi connectivity index (χ1v) is 7.39. The van der Waals surface area contributed by atoms with Gasteiger partial charge >= 0.3 is 0 Å². The second kappa shape index (κ2) is 6.54. The lowest BCUT2D eigenvalue weighted by Gasteiger charge is -2.10. The smallest absolute Gasteiger partial charge is 0.135 e. The summed E-state index contributed by atoms with van der Waals surface area (Å²) >= 11 is 6.19. The number of aryl methyl sites for hydroxylation is 1. The summed E-state index contributed by atoms with van der Waals surface area (Å²) < 4.78 is 0. The number of benzene rings is 2. The minimum Gasteiger partial charge on any atom is -0.508 e. The van der Waals surface area contributed by atoms with Crippen molar-refractivity contribution in [2.75, 3.05) is 10.6 Å². The molecule has 0 saturated heterocycles. The molecular formula is C17H15ClN4O. The summed E-state index contributed by atoms with van der Waals surface area (Å²) in [7, 11) is 0. The number of nitrogens with zero attached hydrogens (tertiary/aromatic N) is 2. The third-order valence-electron chi connectivity index (χ3n) is 3.19. The second-order valence-corrected chi connectivity index (χ2v) is 5.48. The van der Waals surface area contributed by atoms with Crippen molar-refractivity contribution in [2.24, 2.45) is 0 Å². The van der Waals surface area contributed by atoms with E-state index in [9.17, 15) is 5.11 Å². The summed E-state index contributed by atoms with van der Waals surface area (Å²) in [6.45, 7) is 2.00. The SMILES string of the molecule is Cc1ccc(Cl)c(Nc2cc(Nc3ccc(O)cc3)ncn2)c1. The first kappa shape index (κ1) is 15.1. The van der Waals surface area contributed by atoms with Gasteiger partial charge in [0.05, 0.1) is 10.7 Å². The maximum Gasteiger partial charge on any atom is 0.135 e. The van der Waals surface area contributed by atoms with E-state index < -0.39 is 0 Å². The normalized spacial score (nSPS) is 10.3. The van der Waals surface area contributed by atoms with Crippen molar-refractivity contribution in [2.45, 2.75) is 6.92 Å². The average molecular weight is 327 g/mol. The van der Waals surface area contributed by atoms with Gasteiger partial charge in [-0.15, -0.1) is 0 Å². The minimum atomic E-state index is 0.217. The van der Waals surface area contributed by atoms with Crippen LogP contribution in [0.4, 0.5) is 23.0 Å². The highest BCUT2D eigenvalue weighted by molar-refractivity contribution is 6.33. The zero-order valence-corrected chi connectivity index (χ0v) is 13.2. The lowest BCUT2D eigenvalue weighted by Crippen LogP contribution is -1.99. The fourth-order valence-electron chi connectivity index (χ4n) is 2.06. The van der Waals surface area contributed by atoms with Crippen LogP contribution in [-0.2, 0) is 0 Å². The highest BCUT2D eigenvalue weighted by Gasteiger charge is 2.04. The number of rotatable bonds is 4. The average Bonchev–Trinajstić information content (AvgIpc) is 2.54. The number of phenols is 1. The molecule has 0 aliphatic heterocycles. The standard InChI is InChI=1S/C17H15ClN4O/c1-11-2-7-14(18)15(8-11)22-17-9-16(19-10-20-17)21-12-3-5-13(23)6-4-12/h2-10,23H,1H3,(H2,19,20,21,22). The van der Waals surface area contributed by atoms with Crippen LogP contribution in [0.15, 0.2) is 54.9 Å². The molecular weight excluding hydrogens is 312 g/mol. The third kappa shape index (κ3) is 3.90. The van der Waals surface area contributed by atoms with Crippen LogP contribution in [0.2, 0.25) is 5.02 Å². The number of anilines is 4. The van der Waals surface area contributed by atoms with Crippen LogP contribution in [0, 0.1) is 6.92 Å². The molecule has 2 aromatic carbocycles. The Balaban J connectivity index is 1.79. The van der Waals surface area contributed by atoms with Crippen molar-refractivity contribution in [3.8, 4) is 5.75 Å². The zero-order valence-electron chi connectivity index (χ0n) is 12.4. The van der Waals surface area contributed by atoms with Gasteiger partial charge in [0.1, 0.15) is 23.7 Å². The predicted molar refractivity (Wildman–Crippen MR) is 92.9 cm³/mol. The zero-order chi connectivity index (χ0) is 16.2. The molecule has 0 amide bonds. The van der Waals surface area contributed by atoms with Crippen molar-refractivity contribution in [3.63, 3.8) is 0 Å². The van der Waals surface area contributed by atoms with Crippen molar-refractivity contribution >= 4 is 34.6 Å². The van der Waals surface area contributed by atoms with Gasteiger partial charge in [-0.1, -0.05) is 17.7 Å². The molecule has 0 aliphatic carbocycles. The Morgan fingerprint density at radius 1 is 0.913 bits per heavy atom. The number of nitrogens with one attached hydrogen (secondary N) is 2. The van der Waals surface area contributed by atoms with Crippen molar-refractivity contribution in [3.05, 3.63) is 65.4 Å². The molecule has 6 heteroatoms. The van der Waals surface area contributed by atoms with Crippen LogP contribution in [0.1, 0.15) is 5.56 Å². The topological polar surface area (TPSA) is 70.1 Å². The minimum absolute atomic E-state index is 0.217. The van der Waals surface area contributed by atoms with E-state index in [1.807, 2.05) is 25.1 Å².